The number of hydrogen-bond acceptors (Lipinski definition) is 4. The van der Waals surface area contributed by atoms with Gasteiger partial charge in [0.2, 0.25) is 0 Å². The fourth-order valence-electron chi connectivity index (χ4n) is 4.89. The smallest absolute Gasteiger partial charge is 0.306 e. The van der Waals surface area contributed by atoms with Crippen molar-refractivity contribution < 1.29 is 13.2 Å². The molecule has 2 saturated heterocycles. The Morgan fingerprint density at radius 2 is 1.97 bits per heavy atom. The number of likely N-dealkylation sites (N-methyl/N-ethyl adjacent to an activating group) is 1. The van der Waals surface area contributed by atoms with Gasteiger partial charge in [-0.25, -0.2) is 5.01 Å². The number of halogens is 3. The van der Waals surface area contributed by atoms with Gasteiger partial charge in [0.15, 0.2) is 0 Å². The van der Waals surface area contributed by atoms with Crippen LogP contribution >= 0.6 is 0 Å². The zero-order chi connectivity index (χ0) is 22.4. The van der Waals surface area contributed by atoms with Gasteiger partial charge >= 0.3 is 6.18 Å². The summed E-state index contributed by atoms with van der Waals surface area (Å²) in [5, 5.41) is 1.88. The molecule has 0 aromatic heterocycles. The van der Waals surface area contributed by atoms with Crippen molar-refractivity contribution in [1.82, 2.24) is 14.8 Å². The van der Waals surface area contributed by atoms with Crippen molar-refractivity contribution in [3.05, 3.63) is 35.4 Å². The van der Waals surface area contributed by atoms with E-state index in [1.165, 1.54) is 18.6 Å². The molecule has 172 valence electrons. The van der Waals surface area contributed by atoms with Crippen LogP contribution in [0.3, 0.4) is 0 Å². The van der Waals surface area contributed by atoms with E-state index >= 15 is 0 Å². The van der Waals surface area contributed by atoms with Crippen LogP contribution in [0.15, 0.2) is 24.3 Å². The van der Waals surface area contributed by atoms with E-state index in [4.69, 9.17) is 5.84 Å². The van der Waals surface area contributed by atoms with E-state index < -0.39 is 11.7 Å². The molecule has 3 rings (SSSR count). The lowest BCUT2D eigenvalue weighted by Crippen LogP contribution is -2.60. The molecule has 2 aliphatic heterocycles. The minimum absolute atomic E-state index is 0.0810. The first kappa shape index (κ1) is 25.1. The Balaban J connectivity index is 0.00000155. The molecule has 0 amide bonds. The number of hydrazine groups is 1. The largest absolute Gasteiger partial charge is 0.416 e. The predicted octanol–water partition coefficient (Wildman–Crippen LogP) is 4.26. The maximum Gasteiger partial charge on any atom is 0.416 e. The second kappa shape index (κ2) is 10.9. The van der Waals surface area contributed by atoms with Crippen LogP contribution in [0.25, 0.3) is 0 Å². The standard InChI is InChI=1S/C21H33F3N4.C2H6/c1-26-12-8-18(14-26)15-27(2)20(9-4-11-28(25)16-20)10-7-17-5-3-6-19(13-17)21(22,23)24;1-2/h3,5-6,13,18H,4,7-12,14-16,25H2,1-2H3;1-2H3. The monoisotopic (exact) mass is 428 g/mol. The Hall–Kier alpha value is -1.15. The molecule has 30 heavy (non-hydrogen) atoms. The van der Waals surface area contributed by atoms with Crippen LogP contribution in [-0.4, -0.2) is 67.2 Å². The molecule has 0 saturated carbocycles. The zero-order valence-corrected chi connectivity index (χ0v) is 19.0. The molecule has 2 unspecified atom stereocenters. The van der Waals surface area contributed by atoms with Crippen LogP contribution in [0.4, 0.5) is 13.2 Å². The van der Waals surface area contributed by atoms with Crippen LogP contribution in [-0.2, 0) is 12.6 Å². The number of piperidine rings is 1. The Morgan fingerprint density at radius 3 is 2.57 bits per heavy atom. The number of hydrogen-bond donors (Lipinski definition) is 1. The lowest BCUT2D eigenvalue weighted by Gasteiger charge is -2.48. The van der Waals surface area contributed by atoms with E-state index in [9.17, 15) is 13.2 Å². The summed E-state index contributed by atoms with van der Waals surface area (Å²) in [6.45, 7) is 8.91. The van der Waals surface area contributed by atoms with Gasteiger partial charge in [-0.3, -0.25) is 10.7 Å². The normalized spacial score (nSPS) is 26.0. The molecule has 0 spiro atoms. The molecular weight excluding hydrogens is 389 g/mol. The van der Waals surface area contributed by atoms with Crippen molar-refractivity contribution in [3.63, 3.8) is 0 Å². The number of rotatable bonds is 6. The van der Waals surface area contributed by atoms with E-state index in [0.717, 1.165) is 63.6 Å². The third-order valence-electron chi connectivity index (χ3n) is 6.55. The summed E-state index contributed by atoms with van der Waals surface area (Å²) < 4.78 is 39.1. The van der Waals surface area contributed by atoms with Crippen molar-refractivity contribution in [2.45, 2.75) is 57.7 Å². The average molecular weight is 429 g/mol. The topological polar surface area (TPSA) is 35.7 Å². The minimum atomic E-state index is -4.29. The first-order chi connectivity index (χ1) is 14.2. The second-order valence-corrected chi connectivity index (χ2v) is 8.79. The molecule has 0 aliphatic carbocycles. The number of nitrogens with two attached hydrogens (primary N) is 1. The van der Waals surface area contributed by atoms with Crippen molar-refractivity contribution in [2.24, 2.45) is 11.8 Å². The number of aryl methyl sites for hydroxylation is 1. The van der Waals surface area contributed by atoms with Crippen LogP contribution in [0.1, 0.15) is 50.7 Å². The highest BCUT2D eigenvalue weighted by atomic mass is 19.4. The summed E-state index contributed by atoms with van der Waals surface area (Å²) >= 11 is 0. The van der Waals surface area contributed by atoms with Gasteiger partial charge in [-0.1, -0.05) is 32.0 Å². The van der Waals surface area contributed by atoms with Crippen LogP contribution in [0.5, 0.6) is 0 Å². The summed E-state index contributed by atoms with van der Waals surface area (Å²) in [5.74, 6) is 6.83. The van der Waals surface area contributed by atoms with E-state index in [1.807, 2.05) is 18.9 Å². The molecule has 2 atom stereocenters. The first-order valence-corrected chi connectivity index (χ1v) is 11.2. The maximum absolute atomic E-state index is 13.0. The summed E-state index contributed by atoms with van der Waals surface area (Å²) in [4.78, 5) is 4.81. The molecule has 7 heteroatoms. The number of nitrogens with zero attached hydrogens (tertiary/aromatic N) is 3. The highest BCUT2D eigenvalue weighted by Crippen LogP contribution is 2.34. The molecule has 2 fully saturated rings. The van der Waals surface area contributed by atoms with Crippen molar-refractivity contribution >= 4 is 0 Å². The minimum Gasteiger partial charge on any atom is -0.306 e. The summed E-state index contributed by atoms with van der Waals surface area (Å²) in [6, 6.07) is 5.75. The third-order valence-corrected chi connectivity index (χ3v) is 6.55. The van der Waals surface area contributed by atoms with Gasteiger partial charge in [-0.2, -0.15) is 13.2 Å². The van der Waals surface area contributed by atoms with Crippen molar-refractivity contribution in [1.29, 1.82) is 0 Å². The molecule has 2 heterocycles. The quantitative estimate of drug-likeness (QED) is 0.687. The molecule has 1 aromatic carbocycles. The fourth-order valence-corrected chi connectivity index (χ4v) is 4.89. The molecule has 4 nitrogen and oxygen atoms in total. The summed E-state index contributed by atoms with van der Waals surface area (Å²) in [6.07, 6.45) is 0.426. The predicted molar refractivity (Wildman–Crippen MR) is 117 cm³/mol. The lowest BCUT2D eigenvalue weighted by atomic mass is 9.82. The molecule has 1 aromatic rings. The van der Waals surface area contributed by atoms with Crippen molar-refractivity contribution in [2.75, 3.05) is 46.8 Å². The fraction of sp³-hybridized carbons (Fsp3) is 0.739. The van der Waals surface area contributed by atoms with Gasteiger partial charge in [-0.05, 0) is 70.3 Å². The lowest BCUT2D eigenvalue weighted by molar-refractivity contribution is -0.137. The van der Waals surface area contributed by atoms with E-state index in [1.54, 1.807) is 6.07 Å². The van der Waals surface area contributed by atoms with Crippen molar-refractivity contribution in [3.8, 4) is 0 Å². The van der Waals surface area contributed by atoms with Gasteiger partial charge in [0.05, 0.1) is 5.56 Å². The maximum atomic E-state index is 13.0. The van der Waals surface area contributed by atoms with Crippen LogP contribution in [0, 0.1) is 5.92 Å². The number of benzene rings is 1. The summed E-state index contributed by atoms with van der Waals surface area (Å²) in [7, 11) is 4.33. The zero-order valence-electron chi connectivity index (χ0n) is 19.0. The molecular formula is C23H39F3N4. The van der Waals surface area contributed by atoms with E-state index in [0.29, 0.717) is 12.3 Å². The number of likely N-dealkylation sites (tertiary alicyclic amines) is 1. The molecule has 0 radical (unpaired) electrons. The second-order valence-electron chi connectivity index (χ2n) is 8.79. The van der Waals surface area contributed by atoms with Gasteiger partial charge in [0, 0.05) is 31.7 Å². The SMILES string of the molecule is CC.CN1CCC(CN(C)C2(CCc3cccc(C(F)(F)F)c3)CCCN(N)C2)C1. The Labute approximate surface area is 180 Å². The third kappa shape index (κ3) is 6.67. The molecule has 0 bridgehead atoms. The van der Waals surface area contributed by atoms with Crippen LogP contribution in [0.2, 0.25) is 0 Å². The van der Waals surface area contributed by atoms with Gasteiger partial charge < -0.3 is 4.90 Å². The average Bonchev–Trinajstić information content (AvgIpc) is 3.12. The van der Waals surface area contributed by atoms with Crippen LogP contribution < -0.4 is 5.84 Å². The Bertz CT molecular complexity index is 652. The Kier molecular flexibility index (Phi) is 9.15. The van der Waals surface area contributed by atoms with E-state index in [2.05, 4.69) is 23.9 Å². The highest BCUT2D eigenvalue weighted by molar-refractivity contribution is 5.26. The van der Waals surface area contributed by atoms with E-state index in [-0.39, 0.29) is 5.54 Å². The van der Waals surface area contributed by atoms with Gasteiger partial charge in [0.1, 0.15) is 0 Å². The Morgan fingerprint density at radius 1 is 1.23 bits per heavy atom. The number of alkyl halides is 3. The molecule has 2 N–H and O–H groups in total. The first-order valence-electron chi connectivity index (χ1n) is 11.2. The van der Waals surface area contributed by atoms with Gasteiger partial charge in [0.25, 0.3) is 0 Å². The summed E-state index contributed by atoms with van der Waals surface area (Å²) in [5.41, 5.74) is 0.102. The van der Waals surface area contributed by atoms with Gasteiger partial charge in [-0.15, -0.1) is 0 Å². The molecule has 2 aliphatic rings. The highest BCUT2D eigenvalue weighted by Gasteiger charge is 2.39.